The minimum atomic E-state index is -1.28. The van der Waals surface area contributed by atoms with Crippen LogP contribution in [0.4, 0.5) is 0 Å². The molecule has 2 N–H and O–H groups in total. The number of Topliss-reactive ketones (excluding diaryl/α,β-unsaturated/α-hetero) is 1. The summed E-state index contributed by atoms with van der Waals surface area (Å²) < 4.78 is 21.2. The van der Waals surface area contributed by atoms with Crippen LogP contribution in [0.2, 0.25) is 0 Å². The molecule has 4 rings (SSSR count). The molecule has 1 aromatic rings. The van der Waals surface area contributed by atoms with Gasteiger partial charge in [0.2, 0.25) is 5.78 Å². The SMILES string of the molecule is COC(=O)C1CC2OC(C)(Cc3c(O)c4c(c(O)c32)C(=O)C=C(OC)C4=O)O1. The zero-order chi connectivity index (χ0) is 20.4. The number of rotatable bonds is 2. The lowest BCUT2D eigenvalue weighted by Gasteiger charge is -2.46. The molecule has 3 atom stereocenters. The van der Waals surface area contributed by atoms with E-state index < -0.39 is 47.0 Å². The van der Waals surface area contributed by atoms with Crippen LogP contribution in [-0.4, -0.2) is 53.9 Å². The molecule has 9 heteroatoms. The van der Waals surface area contributed by atoms with Gasteiger partial charge in [-0.25, -0.2) is 4.79 Å². The highest BCUT2D eigenvalue weighted by Gasteiger charge is 2.50. The van der Waals surface area contributed by atoms with Gasteiger partial charge in [0.25, 0.3) is 0 Å². The molecule has 0 aromatic heterocycles. The third kappa shape index (κ3) is 2.43. The first-order valence-corrected chi connectivity index (χ1v) is 8.59. The number of fused-ring (bicyclic) bond motifs is 5. The Labute approximate surface area is 159 Å². The van der Waals surface area contributed by atoms with Gasteiger partial charge < -0.3 is 29.2 Å². The molecule has 2 aliphatic heterocycles. The molecule has 28 heavy (non-hydrogen) atoms. The molecular formula is C19H18O9. The fourth-order valence-corrected chi connectivity index (χ4v) is 4.09. The van der Waals surface area contributed by atoms with E-state index >= 15 is 0 Å². The first-order valence-electron chi connectivity index (χ1n) is 8.59. The average Bonchev–Trinajstić information content (AvgIpc) is 2.65. The Hall–Kier alpha value is -2.91. The molecule has 3 aliphatic rings. The molecule has 1 fully saturated rings. The van der Waals surface area contributed by atoms with Crippen molar-refractivity contribution in [2.24, 2.45) is 0 Å². The van der Waals surface area contributed by atoms with Crippen molar-refractivity contribution in [3.63, 3.8) is 0 Å². The van der Waals surface area contributed by atoms with E-state index in [2.05, 4.69) is 0 Å². The highest BCUT2D eigenvalue weighted by atomic mass is 16.7. The number of ether oxygens (including phenoxy) is 4. The average molecular weight is 390 g/mol. The van der Waals surface area contributed by atoms with Crippen molar-refractivity contribution in [2.45, 2.75) is 37.8 Å². The van der Waals surface area contributed by atoms with Gasteiger partial charge in [0.1, 0.15) is 11.5 Å². The molecule has 0 amide bonds. The lowest BCUT2D eigenvalue weighted by Crippen LogP contribution is -2.51. The quantitative estimate of drug-likeness (QED) is 0.567. The van der Waals surface area contributed by atoms with Gasteiger partial charge in [-0.05, 0) is 6.92 Å². The summed E-state index contributed by atoms with van der Waals surface area (Å²) in [4.78, 5) is 37.1. The van der Waals surface area contributed by atoms with Gasteiger partial charge in [-0.3, -0.25) is 9.59 Å². The van der Waals surface area contributed by atoms with Crippen LogP contribution in [0.25, 0.3) is 0 Å². The predicted octanol–water partition coefficient (Wildman–Crippen LogP) is 1.30. The number of phenols is 2. The Morgan fingerprint density at radius 1 is 1.18 bits per heavy atom. The van der Waals surface area contributed by atoms with E-state index in [4.69, 9.17) is 18.9 Å². The maximum absolute atomic E-state index is 12.6. The molecule has 2 bridgehead atoms. The van der Waals surface area contributed by atoms with Gasteiger partial charge >= 0.3 is 5.97 Å². The van der Waals surface area contributed by atoms with Crippen molar-refractivity contribution in [3.8, 4) is 11.5 Å². The van der Waals surface area contributed by atoms with Crippen LogP contribution in [0.1, 0.15) is 51.3 Å². The Bertz CT molecular complexity index is 961. The fraction of sp³-hybridized carbons (Fsp3) is 0.421. The summed E-state index contributed by atoms with van der Waals surface area (Å²) in [5, 5.41) is 21.7. The number of allylic oxidation sites excluding steroid dienone is 2. The lowest BCUT2D eigenvalue weighted by atomic mass is 9.80. The summed E-state index contributed by atoms with van der Waals surface area (Å²) in [6, 6.07) is 0. The van der Waals surface area contributed by atoms with E-state index in [1.54, 1.807) is 6.92 Å². The Morgan fingerprint density at radius 2 is 1.89 bits per heavy atom. The highest BCUT2D eigenvalue weighted by Crippen LogP contribution is 2.53. The second kappa shape index (κ2) is 6.05. The largest absolute Gasteiger partial charge is 0.507 e. The van der Waals surface area contributed by atoms with E-state index in [0.29, 0.717) is 0 Å². The topological polar surface area (TPSA) is 129 Å². The highest BCUT2D eigenvalue weighted by molar-refractivity contribution is 6.26. The number of carbonyl (C=O) groups is 3. The monoisotopic (exact) mass is 390 g/mol. The summed E-state index contributed by atoms with van der Waals surface area (Å²) in [6.45, 7) is 1.58. The third-order valence-electron chi connectivity index (χ3n) is 5.26. The second-order valence-electron chi connectivity index (χ2n) is 7.03. The number of esters is 1. The molecule has 3 unspecified atom stereocenters. The Kier molecular flexibility index (Phi) is 3.98. The summed E-state index contributed by atoms with van der Waals surface area (Å²) in [7, 11) is 2.47. The second-order valence-corrected chi connectivity index (χ2v) is 7.03. The summed E-state index contributed by atoms with van der Waals surface area (Å²) in [5.74, 6) is -4.37. The molecule has 1 saturated heterocycles. The van der Waals surface area contributed by atoms with Crippen molar-refractivity contribution in [1.29, 1.82) is 0 Å². The normalized spacial score (nSPS) is 28.2. The number of phenolic OH excluding ortho intramolecular Hbond substituents is 2. The molecule has 0 spiro atoms. The van der Waals surface area contributed by atoms with Gasteiger partial charge in [-0.15, -0.1) is 0 Å². The molecule has 2 heterocycles. The molecule has 9 nitrogen and oxygen atoms in total. The van der Waals surface area contributed by atoms with Crippen LogP contribution in [0, 0.1) is 0 Å². The van der Waals surface area contributed by atoms with Crippen LogP contribution in [-0.2, 0) is 30.2 Å². The van der Waals surface area contributed by atoms with Crippen molar-refractivity contribution in [2.75, 3.05) is 14.2 Å². The minimum absolute atomic E-state index is 0.0162. The van der Waals surface area contributed by atoms with Gasteiger partial charge in [0.15, 0.2) is 23.4 Å². The Morgan fingerprint density at radius 3 is 2.54 bits per heavy atom. The maximum Gasteiger partial charge on any atom is 0.335 e. The summed E-state index contributed by atoms with van der Waals surface area (Å²) >= 11 is 0. The molecule has 0 radical (unpaired) electrons. The first-order chi connectivity index (χ1) is 13.2. The zero-order valence-corrected chi connectivity index (χ0v) is 15.4. The van der Waals surface area contributed by atoms with E-state index in [1.807, 2.05) is 0 Å². The number of carbonyl (C=O) groups excluding carboxylic acids is 3. The van der Waals surface area contributed by atoms with Crippen LogP contribution in [0.5, 0.6) is 11.5 Å². The molecule has 148 valence electrons. The van der Waals surface area contributed by atoms with Crippen molar-refractivity contribution in [1.82, 2.24) is 0 Å². The fourth-order valence-electron chi connectivity index (χ4n) is 4.09. The van der Waals surface area contributed by atoms with Gasteiger partial charge in [0, 0.05) is 30.0 Å². The molecular weight excluding hydrogens is 372 g/mol. The van der Waals surface area contributed by atoms with Gasteiger partial charge in [-0.2, -0.15) is 0 Å². The zero-order valence-electron chi connectivity index (χ0n) is 15.4. The molecule has 1 aromatic carbocycles. The third-order valence-corrected chi connectivity index (χ3v) is 5.26. The van der Waals surface area contributed by atoms with Crippen LogP contribution >= 0.6 is 0 Å². The van der Waals surface area contributed by atoms with Crippen molar-refractivity contribution in [3.05, 3.63) is 34.1 Å². The number of ketones is 2. The molecule has 0 saturated carbocycles. The smallest absolute Gasteiger partial charge is 0.335 e. The number of aromatic hydroxyl groups is 2. The van der Waals surface area contributed by atoms with Crippen LogP contribution in [0.3, 0.4) is 0 Å². The van der Waals surface area contributed by atoms with E-state index in [1.165, 1.54) is 14.2 Å². The summed E-state index contributed by atoms with van der Waals surface area (Å²) in [6.07, 6.45) is -0.838. The predicted molar refractivity (Wildman–Crippen MR) is 91.0 cm³/mol. The number of hydrogen-bond donors (Lipinski definition) is 2. The lowest BCUT2D eigenvalue weighted by molar-refractivity contribution is -0.314. The van der Waals surface area contributed by atoms with Crippen molar-refractivity contribution >= 4 is 17.5 Å². The maximum atomic E-state index is 12.6. The summed E-state index contributed by atoms with van der Waals surface area (Å²) in [5.41, 5.74) is -0.220. The van der Waals surface area contributed by atoms with Gasteiger partial charge in [-0.1, -0.05) is 0 Å². The standard InChI is InChI=1S/C19H18O9/c1-19-6-7-12(9(27-19)5-11(28-19)18(24)26-3)17(23)13-8(20)4-10(25-2)16(22)14(13)15(7)21/h4,9,11,21,23H,5-6H2,1-3H3. The van der Waals surface area contributed by atoms with E-state index in [9.17, 15) is 24.6 Å². The van der Waals surface area contributed by atoms with Crippen LogP contribution in [0.15, 0.2) is 11.8 Å². The van der Waals surface area contributed by atoms with E-state index in [0.717, 1.165) is 6.08 Å². The van der Waals surface area contributed by atoms with Gasteiger partial charge in [0.05, 0.1) is 31.5 Å². The number of hydrogen-bond acceptors (Lipinski definition) is 9. The molecule has 1 aliphatic carbocycles. The van der Waals surface area contributed by atoms with Crippen molar-refractivity contribution < 1.29 is 43.5 Å². The van der Waals surface area contributed by atoms with E-state index in [-0.39, 0.29) is 40.9 Å². The number of methoxy groups -OCH3 is 2. The minimum Gasteiger partial charge on any atom is -0.507 e. The first kappa shape index (κ1) is 18.5. The van der Waals surface area contributed by atoms with Crippen LogP contribution < -0.4 is 0 Å². The Balaban J connectivity index is 1.91. The number of benzene rings is 1.